The molecule has 0 saturated heterocycles. The van der Waals surface area contributed by atoms with Crippen LogP contribution >= 0.6 is 0 Å². The summed E-state index contributed by atoms with van der Waals surface area (Å²) in [6.07, 6.45) is 4.25. The quantitative estimate of drug-likeness (QED) is 0.652. The lowest BCUT2D eigenvalue weighted by Gasteiger charge is -2.27. The molecule has 1 rings (SSSR count). The summed E-state index contributed by atoms with van der Waals surface area (Å²) in [6.45, 7) is 13.9. The number of hydrogen-bond donors (Lipinski definition) is 2. The third-order valence-electron chi connectivity index (χ3n) is 3.90. The zero-order valence-electron chi connectivity index (χ0n) is 11.6. The molecule has 2 heteroatoms. The van der Waals surface area contributed by atoms with Crippen molar-refractivity contribution in [2.45, 2.75) is 47.0 Å². The van der Waals surface area contributed by atoms with Gasteiger partial charge in [-0.1, -0.05) is 34.1 Å². The Morgan fingerprint density at radius 2 is 1.88 bits per heavy atom. The molecule has 16 heavy (non-hydrogen) atoms. The summed E-state index contributed by atoms with van der Waals surface area (Å²) in [5, 5.41) is 7.06. The summed E-state index contributed by atoms with van der Waals surface area (Å²) in [4.78, 5) is 0. The Bertz CT molecular complexity index is 187. The maximum absolute atomic E-state index is 3.59. The van der Waals surface area contributed by atoms with E-state index in [0.717, 1.165) is 31.5 Å². The van der Waals surface area contributed by atoms with Crippen molar-refractivity contribution in [3.63, 3.8) is 0 Å². The van der Waals surface area contributed by atoms with Gasteiger partial charge < -0.3 is 10.6 Å². The van der Waals surface area contributed by atoms with E-state index >= 15 is 0 Å². The smallest absolute Gasteiger partial charge is 0.00768 e. The highest BCUT2D eigenvalue weighted by Crippen LogP contribution is 2.41. The molecule has 0 bridgehead atoms. The summed E-state index contributed by atoms with van der Waals surface area (Å²) < 4.78 is 0. The van der Waals surface area contributed by atoms with Gasteiger partial charge in [-0.3, -0.25) is 0 Å². The van der Waals surface area contributed by atoms with Crippen LogP contribution in [0, 0.1) is 17.3 Å². The molecule has 0 heterocycles. The first-order chi connectivity index (χ1) is 7.52. The van der Waals surface area contributed by atoms with Crippen LogP contribution in [0.5, 0.6) is 0 Å². The molecular formula is C14H30N2. The standard InChI is InChI=1S/C14H30N2/c1-12(2)10-15-8-9-16-11-13-6-5-7-14(13,3)4/h12-13,15-16H,5-11H2,1-4H3. The van der Waals surface area contributed by atoms with Crippen LogP contribution in [0.2, 0.25) is 0 Å². The summed E-state index contributed by atoms with van der Waals surface area (Å²) >= 11 is 0. The van der Waals surface area contributed by atoms with Crippen LogP contribution in [-0.4, -0.2) is 26.2 Å². The highest BCUT2D eigenvalue weighted by Gasteiger charge is 2.33. The minimum absolute atomic E-state index is 0.568. The maximum atomic E-state index is 3.59. The predicted octanol–water partition coefficient (Wildman–Crippen LogP) is 2.65. The fourth-order valence-corrected chi connectivity index (χ4v) is 2.62. The van der Waals surface area contributed by atoms with Crippen molar-refractivity contribution in [2.24, 2.45) is 17.3 Å². The summed E-state index contributed by atoms with van der Waals surface area (Å²) in [6, 6.07) is 0. The number of hydrogen-bond acceptors (Lipinski definition) is 2. The second-order valence-corrected chi connectivity index (χ2v) is 6.38. The third-order valence-corrected chi connectivity index (χ3v) is 3.90. The van der Waals surface area contributed by atoms with E-state index in [-0.39, 0.29) is 0 Å². The molecule has 0 aromatic rings. The molecule has 0 amide bonds. The van der Waals surface area contributed by atoms with Gasteiger partial charge in [0.05, 0.1) is 0 Å². The molecule has 1 aliphatic rings. The van der Waals surface area contributed by atoms with Crippen LogP contribution in [-0.2, 0) is 0 Å². The van der Waals surface area contributed by atoms with E-state index in [2.05, 4.69) is 38.3 Å². The Labute approximate surface area is 102 Å². The van der Waals surface area contributed by atoms with E-state index in [4.69, 9.17) is 0 Å². The normalized spacial score (nSPS) is 24.2. The van der Waals surface area contributed by atoms with Crippen LogP contribution in [0.25, 0.3) is 0 Å². The van der Waals surface area contributed by atoms with Gasteiger partial charge >= 0.3 is 0 Å². The van der Waals surface area contributed by atoms with E-state index in [1.165, 1.54) is 25.8 Å². The first kappa shape index (κ1) is 14.0. The minimum atomic E-state index is 0.568. The fourth-order valence-electron chi connectivity index (χ4n) is 2.62. The lowest BCUT2D eigenvalue weighted by atomic mass is 9.82. The maximum Gasteiger partial charge on any atom is 0.00768 e. The lowest BCUT2D eigenvalue weighted by molar-refractivity contribution is 0.252. The van der Waals surface area contributed by atoms with E-state index < -0.39 is 0 Å². The van der Waals surface area contributed by atoms with Crippen molar-refractivity contribution in [2.75, 3.05) is 26.2 Å². The second kappa shape index (κ2) is 6.61. The first-order valence-corrected chi connectivity index (χ1v) is 6.94. The van der Waals surface area contributed by atoms with Gasteiger partial charge in [-0.2, -0.15) is 0 Å². The van der Waals surface area contributed by atoms with Gasteiger partial charge in [0.15, 0.2) is 0 Å². The van der Waals surface area contributed by atoms with E-state index in [1.807, 2.05) is 0 Å². The number of nitrogens with one attached hydrogen (secondary N) is 2. The van der Waals surface area contributed by atoms with Gasteiger partial charge in [0, 0.05) is 13.1 Å². The van der Waals surface area contributed by atoms with E-state index in [9.17, 15) is 0 Å². The second-order valence-electron chi connectivity index (χ2n) is 6.38. The van der Waals surface area contributed by atoms with E-state index in [1.54, 1.807) is 0 Å². The van der Waals surface area contributed by atoms with Crippen molar-refractivity contribution in [1.29, 1.82) is 0 Å². The summed E-state index contributed by atoms with van der Waals surface area (Å²) in [5.74, 6) is 1.64. The molecule has 2 nitrogen and oxygen atoms in total. The molecule has 0 radical (unpaired) electrons. The molecule has 1 aliphatic carbocycles. The average Bonchev–Trinajstić information content (AvgIpc) is 2.51. The first-order valence-electron chi connectivity index (χ1n) is 6.94. The Morgan fingerprint density at radius 1 is 1.19 bits per heavy atom. The van der Waals surface area contributed by atoms with Crippen LogP contribution in [0.15, 0.2) is 0 Å². The Balaban J connectivity index is 1.99. The summed E-state index contributed by atoms with van der Waals surface area (Å²) in [5.41, 5.74) is 0.568. The molecule has 0 spiro atoms. The highest BCUT2D eigenvalue weighted by atomic mass is 14.9. The van der Waals surface area contributed by atoms with Crippen molar-refractivity contribution in [3.8, 4) is 0 Å². The SMILES string of the molecule is CC(C)CNCCNCC1CCCC1(C)C. The monoisotopic (exact) mass is 226 g/mol. The van der Waals surface area contributed by atoms with Crippen molar-refractivity contribution in [3.05, 3.63) is 0 Å². The fraction of sp³-hybridized carbons (Fsp3) is 1.00. The minimum Gasteiger partial charge on any atom is -0.315 e. The largest absolute Gasteiger partial charge is 0.315 e. The van der Waals surface area contributed by atoms with Gasteiger partial charge in [-0.25, -0.2) is 0 Å². The van der Waals surface area contributed by atoms with Gasteiger partial charge in [-0.05, 0) is 43.2 Å². The highest BCUT2D eigenvalue weighted by molar-refractivity contribution is 4.85. The van der Waals surface area contributed by atoms with Crippen molar-refractivity contribution < 1.29 is 0 Å². The molecule has 0 aromatic heterocycles. The molecule has 96 valence electrons. The van der Waals surface area contributed by atoms with Gasteiger partial charge in [0.1, 0.15) is 0 Å². The van der Waals surface area contributed by atoms with Crippen LogP contribution in [0.3, 0.4) is 0 Å². The van der Waals surface area contributed by atoms with Gasteiger partial charge in [0.2, 0.25) is 0 Å². The molecule has 1 fully saturated rings. The molecule has 0 aliphatic heterocycles. The van der Waals surface area contributed by atoms with Crippen LogP contribution in [0.4, 0.5) is 0 Å². The zero-order valence-corrected chi connectivity index (χ0v) is 11.6. The summed E-state index contributed by atoms with van der Waals surface area (Å²) in [7, 11) is 0. The topological polar surface area (TPSA) is 24.1 Å². The third kappa shape index (κ3) is 4.84. The average molecular weight is 226 g/mol. The molecule has 0 aromatic carbocycles. The molecule has 1 saturated carbocycles. The van der Waals surface area contributed by atoms with Crippen LogP contribution < -0.4 is 10.6 Å². The molecule has 2 N–H and O–H groups in total. The zero-order chi connectivity index (χ0) is 12.0. The Kier molecular flexibility index (Phi) is 5.77. The molecule has 1 atom stereocenters. The predicted molar refractivity (Wildman–Crippen MR) is 71.7 cm³/mol. The Hall–Kier alpha value is -0.0800. The van der Waals surface area contributed by atoms with E-state index in [0.29, 0.717) is 5.41 Å². The Morgan fingerprint density at radius 3 is 2.44 bits per heavy atom. The molecule has 1 unspecified atom stereocenters. The van der Waals surface area contributed by atoms with Gasteiger partial charge in [-0.15, -0.1) is 0 Å². The van der Waals surface area contributed by atoms with Crippen LogP contribution in [0.1, 0.15) is 47.0 Å². The molecular weight excluding hydrogens is 196 g/mol. The van der Waals surface area contributed by atoms with Crippen molar-refractivity contribution in [1.82, 2.24) is 10.6 Å². The van der Waals surface area contributed by atoms with Crippen molar-refractivity contribution >= 4 is 0 Å². The van der Waals surface area contributed by atoms with Gasteiger partial charge in [0.25, 0.3) is 0 Å². The number of rotatable bonds is 7. The lowest BCUT2D eigenvalue weighted by Crippen LogP contribution is -2.34.